The molecule has 90 valence electrons. The van der Waals surface area contributed by atoms with Crippen LogP contribution in [0.15, 0.2) is 18.2 Å². The van der Waals surface area contributed by atoms with Crippen molar-refractivity contribution in [3.05, 3.63) is 29.6 Å². The molecule has 0 aromatic heterocycles. The van der Waals surface area contributed by atoms with E-state index in [2.05, 4.69) is 18.7 Å². The van der Waals surface area contributed by atoms with Gasteiger partial charge in [-0.2, -0.15) is 17.0 Å². The molecule has 0 bridgehead atoms. The molecular weight excluding hydrogens is 235 g/mol. The SMILES string of the molecule is CC1SCCN(c2cc(F)cc(C#N)c2)C1C. The van der Waals surface area contributed by atoms with Crippen molar-refractivity contribution in [2.75, 3.05) is 17.2 Å². The number of nitriles is 1. The molecular formula is C13H15FN2S. The molecule has 1 saturated heterocycles. The van der Waals surface area contributed by atoms with Crippen LogP contribution in [0.5, 0.6) is 0 Å². The Bertz CT molecular complexity index is 455. The first kappa shape index (κ1) is 12.3. The average Bonchev–Trinajstić information content (AvgIpc) is 2.31. The van der Waals surface area contributed by atoms with Crippen LogP contribution in [0.3, 0.4) is 0 Å². The van der Waals surface area contributed by atoms with Gasteiger partial charge in [0.2, 0.25) is 0 Å². The van der Waals surface area contributed by atoms with E-state index >= 15 is 0 Å². The van der Waals surface area contributed by atoms with Gasteiger partial charge in [-0.05, 0) is 25.1 Å². The molecule has 0 N–H and O–H groups in total. The number of hydrogen-bond donors (Lipinski definition) is 0. The van der Waals surface area contributed by atoms with Crippen LogP contribution < -0.4 is 4.90 Å². The van der Waals surface area contributed by atoms with Crippen LogP contribution in [0.2, 0.25) is 0 Å². The maximum absolute atomic E-state index is 13.4. The Morgan fingerprint density at radius 1 is 1.41 bits per heavy atom. The van der Waals surface area contributed by atoms with Crippen molar-refractivity contribution in [1.29, 1.82) is 5.26 Å². The molecule has 1 fully saturated rings. The van der Waals surface area contributed by atoms with E-state index in [9.17, 15) is 4.39 Å². The average molecular weight is 250 g/mol. The predicted octanol–water partition coefficient (Wildman–Crippen LogP) is 3.03. The molecule has 1 heterocycles. The summed E-state index contributed by atoms with van der Waals surface area (Å²) in [5.74, 6) is 0.710. The minimum absolute atomic E-state index is 0.336. The Labute approximate surface area is 105 Å². The molecule has 0 radical (unpaired) electrons. The van der Waals surface area contributed by atoms with E-state index in [0.29, 0.717) is 16.9 Å². The second-order valence-corrected chi connectivity index (χ2v) is 5.80. The number of anilines is 1. The number of hydrogen-bond acceptors (Lipinski definition) is 3. The summed E-state index contributed by atoms with van der Waals surface area (Å²) in [6.07, 6.45) is 0. The molecule has 1 aromatic carbocycles. The second-order valence-electron chi connectivity index (χ2n) is 4.32. The molecule has 0 aliphatic carbocycles. The van der Waals surface area contributed by atoms with Gasteiger partial charge in [-0.25, -0.2) is 4.39 Å². The predicted molar refractivity (Wildman–Crippen MR) is 69.8 cm³/mol. The molecule has 2 unspecified atom stereocenters. The largest absolute Gasteiger partial charge is 0.367 e. The van der Waals surface area contributed by atoms with Gasteiger partial charge < -0.3 is 4.90 Å². The van der Waals surface area contributed by atoms with Crippen molar-refractivity contribution in [2.45, 2.75) is 25.1 Å². The minimum Gasteiger partial charge on any atom is -0.367 e. The zero-order chi connectivity index (χ0) is 12.4. The fraction of sp³-hybridized carbons (Fsp3) is 0.462. The highest BCUT2D eigenvalue weighted by molar-refractivity contribution is 8.00. The summed E-state index contributed by atoms with van der Waals surface area (Å²) in [6, 6.07) is 6.92. The molecule has 4 heteroatoms. The van der Waals surface area contributed by atoms with E-state index < -0.39 is 0 Å². The van der Waals surface area contributed by atoms with Crippen LogP contribution >= 0.6 is 11.8 Å². The first-order valence-corrected chi connectivity index (χ1v) is 6.75. The number of nitrogens with zero attached hydrogens (tertiary/aromatic N) is 2. The summed E-state index contributed by atoms with van der Waals surface area (Å²) in [6.45, 7) is 5.24. The van der Waals surface area contributed by atoms with Crippen LogP contribution in [0.1, 0.15) is 19.4 Å². The van der Waals surface area contributed by atoms with Crippen molar-refractivity contribution in [2.24, 2.45) is 0 Å². The van der Waals surface area contributed by atoms with Crippen LogP contribution in [-0.4, -0.2) is 23.6 Å². The molecule has 1 aromatic rings. The lowest BCUT2D eigenvalue weighted by Gasteiger charge is -2.39. The molecule has 17 heavy (non-hydrogen) atoms. The maximum atomic E-state index is 13.4. The van der Waals surface area contributed by atoms with Crippen molar-refractivity contribution < 1.29 is 4.39 Å². The van der Waals surface area contributed by atoms with Crippen LogP contribution in [-0.2, 0) is 0 Å². The lowest BCUT2D eigenvalue weighted by molar-refractivity contribution is 0.610. The number of thioether (sulfide) groups is 1. The lowest BCUT2D eigenvalue weighted by Crippen LogP contribution is -2.44. The van der Waals surface area contributed by atoms with E-state index in [0.717, 1.165) is 18.0 Å². The second kappa shape index (κ2) is 4.97. The first-order valence-electron chi connectivity index (χ1n) is 5.71. The van der Waals surface area contributed by atoms with E-state index in [-0.39, 0.29) is 5.82 Å². The van der Waals surface area contributed by atoms with E-state index in [1.807, 2.05) is 17.8 Å². The Morgan fingerprint density at radius 2 is 2.18 bits per heavy atom. The van der Waals surface area contributed by atoms with Gasteiger partial charge in [0.1, 0.15) is 5.82 Å². The minimum atomic E-state index is -0.336. The van der Waals surface area contributed by atoms with Gasteiger partial charge >= 0.3 is 0 Å². The highest BCUT2D eigenvalue weighted by Crippen LogP contribution is 2.29. The van der Waals surface area contributed by atoms with Crippen molar-refractivity contribution in [1.82, 2.24) is 0 Å². The van der Waals surface area contributed by atoms with Gasteiger partial charge in [0.05, 0.1) is 11.6 Å². The van der Waals surface area contributed by atoms with E-state index in [1.54, 1.807) is 6.07 Å². The van der Waals surface area contributed by atoms with Crippen molar-refractivity contribution >= 4 is 17.4 Å². The van der Waals surface area contributed by atoms with Crippen molar-refractivity contribution in [3.8, 4) is 6.07 Å². The monoisotopic (exact) mass is 250 g/mol. The zero-order valence-corrected chi connectivity index (χ0v) is 10.8. The molecule has 0 amide bonds. The van der Waals surface area contributed by atoms with Crippen LogP contribution in [0, 0.1) is 17.1 Å². The molecule has 2 atom stereocenters. The van der Waals surface area contributed by atoms with Gasteiger partial charge in [-0.3, -0.25) is 0 Å². The molecule has 1 aliphatic heterocycles. The third-order valence-corrected chi connectivity index (χ3v) is 4.57. The summed E-state index contributed by atoms with van der Waals surface area (Å²) in [5, 5.41) is 9.39. The van der Waals surface area contributed by atoms with Gasteiger partial charge in [-0.15, -0.1) is 0 Å². The fourth-order valence-corrected chi connectivity index (χ4v) is 3.20. The molecule has 2 rings (SSSR count). The summed E-state index contributed by atoms with van der Waals surface area (Å²) >= 11 is 1.94. The van der Waals surface area contributed by atoms with E-state index in [1.165, 1.54) is 12.1 Å². The summed E-state index contributed by atoms with van der Waals surface area (Å²) in [7, 11) is 0. The Morgan fingerprint density at radius 3 is 2.88 bits per heavy atom. The van der Waals surface area contributed by atoms with Gasteiger partial charge in [0.15, 0.2) is 0 Å². The molecule has 1 aliphatic rings. The van der Waals surface area contributed by atoms with Gasteiger partial charge in [0, 0.05) is 29.3 Å². The molecule has 2 nitrogen and oxygen atoms in total. The summed E-state index contributed by atoms with van der Waals surface area (Å²) in [5.41, 5.74) is 1.21. The third-order valence-electron chi connectivity index (χ3n) is 3.23. The van der Waals surface area contributed by atoms with Gasteiger partial charge in [0.25, 0.3) is 0 Å². The van der Waals surface area contributed by atoms with Gasteiger partial charge in [-0.1, -0.05) is 6.92 Å². The first-order chi connectivity index (χ1) is 8.11. The Balaban J connectivity index is 2.33. The number of rotatable bonds is 1. The topological polar surface area (TPSA) is 27.0 Å². The highest BCUT2D eigenvalue weighted by atomic mass is 32.2. The summed E-state index contributed by atoms with van der Waals surface area (Å²) < 4.78 is 13.4. The smallest absolute Gasteiger partial charge is 0.126 e. The molecule has 0 spiro atoms. The number of halogens is 1. The van der Waals surface area contributed by atoms with E-state index in [4.69, 9.17) is 5.26 Å². The zero-order valence-electron chi connectivity index (χ0n) is 9.98. The maximum Gasteiger partial charge on any atom is 0.126 e. The number of benzene rings is 1. The highest BCUT2D eigenvalue weighted by Gasteiger charge is 2.25. The fourth-order valence-electron chi connectivity index (χ4n) is 2.10. The standard InChI is InChI=1S/C13H15FN2S/c1-9-10(2)17-4-3-16(9)13-6-11(8-15)5-12(14)7-13/h5-7,9-10H,3-4H2,1-2H3. The van der Waals surface area contributed by atoms with Crippen LogP contribution in [0.4, 0.5) is 10.1 Å². The lowest BCUT2D eigenvalue weighted by atomic mass is 10.1. The quantitative estimate of drug-likeness (QED) is 0.766. The normalized spacial score (nSPS) is 24.5. The molecule has 0 saturated carbocycles. The Kier molecular flexibility index (Phi) is 3.58. The van der Waals surface area contributed by atoms with Crippen LogP contribution in [0.25, 0.3) is 0 Å². The van der Waals surface area contributed by atoms with Crippen molar-refractivity contribution in [3.63, 3.8) is 0 Å². The third kappa shape index (κ3) is 2.55. The summed E-state index contributed by atoms with van der Waals surface area (Å²) in [4.78, 5) is 2.19. The Hall–Kier alpha value is -1.21.